The van der Waals surface area contributed by atoms with Crippen LogP contribution >= 0.6 is 0 Å². The molecule has 0 bridgehead atoms. The van der Waals surface area contributed by atoms with E-state index in [1.807, 2.05) is 0 Å². The minimum atomic E-state index is -1.90. The largest absolute Gasteiger partial charge is 0.481 e. The van der Waals surface area contributed by atoms with E-state index >= 15 is 0 Å². The van der Waals surface area contributed by atoms with Crippen LogP contribution in [0.5, 0.6) is 0 Å². The van der Waals surface area contributed by atoms with Gasteiger partial charge in [-0.25, -0.2) is 0 Å². The van der Waals surface area contributed by atoms with Crippen LogP contribution in [0.4, 0.5) is 0 Å². The van der Waals surface area contributed by atoms with E-state index in [9.17, 15) is 9.90 Å². The van der Waals surface area contributed by atoms with Crippen molar-refractivity contribution in [1.29, 1.82) is 0 Å². The average molecular weight is 569 g/mol. The van der Waals surface area contributed by atoms with Crippen molar-refractivity contribution < 1.29 is 28.9 Å². The first-order valence-corrected chi connectivity index (χ1v) is 19.2. The van der Waals surface area contributed by atoms with E-state index in [2.05, 4.69) is 33.9 Å². The fourth-order valence-corrected chi connectivity index (χ4v) is 8.36. The second-order valence-electron chi connectivity index (χ2n) is 14.3. The monoisotopic (exact) mass is 568 g/mol. The van der Waals surface area contributed by atoms with E-state index in [1.165, 1.54) is 32.1 Å². The van der Waals surface area contributed by atoms with Gasteiger partial charge in [0.25, 0.3) is 0 Å². The second kappa shape index (κ2) is 15.7. The fourth-order valence-electron chi connectivity index (χ4n) is 6.94. The van der Waals surface area contributed by atoms with Gasteiger partial charge in [-0.1, -0.05) is 59.3 Å². The highest BCUT2D eigenvalue weighted by Gasteiger charge is 2.45. The van der Waals surface area contributed by atoms with Crippen LogP contribution in [0.3, 0.4) is 0 Å². The molecule has 2 N–H and O–H groups in total. The summed E-state index contributed by atoms with van der Waals surface area (Å²) in [7, 11) is -1.90. The Hall–Kier alpha value is -0.473. The Labute approximate surface area is 240 Å². The minimum absolute atomic E-state index is 0.0417. The van der Waals surface area contributed by atoms with Crippen molar-refractivity contribution in [2.45, 2.75) is 173 Å². The molecular formula is C32H60O6Si. The number of aliphatic hydroxyl groups excluding tert-OH is 1. The van der Waals surface area contributed by atoms with Crippen molar-refractivity contribution in [1.82, 2.24) is 0 Å². The van der Waals surface area contributed by atoms with E-state index < -0.39 is 14.3 Å². The number of rotatable bonds is 15. The molecule has 2 unspecified atom stereocenters. The van der Waals surface area contributed by atoms with Gasteiger partial charge in [-0.15, -0.1) is 0 Å². The number of aliphatic carboxylic acids is 1. The van der Waals surface area contributed by atoms with Gasteiger partial charge in [-0.05, 0) is 93.7 Å². The van der Waals surface area contributed by atoms with E-state index in [1.54, 1.807) is 0 Å². The van der Waals surface area contributed by atoms with E-state index in [-0.39, 0.29) is 35.9 Å². The summed E-state index contributed by atoms with van der Waals surface area (Å²) < 4.78 is 19.7. The number of hydrogen-bond acceptors (Lipinski definition) is 5. The third-order valence-corrected chi connectivity index (χ3v) is 14.9. The number of aliphatic hydroxyl groups is 1. The Balaban J connectivity index is 1.68. The van der Waals surface area contributed by atoms with Crippen molar-refractivity contribution in [3.05, 3.63) is 0 Å². The molecule has 3 rings (SSSR count). The average Bonchev–Trinajstić information content (AvgIpc) is 3.17. The van der Waals surface area contributed by atoms with Crippen molar-refractivity contribution in [3.63, 3.8) is 0 Å². The van der Waals surface area contributed by atoms with Gasteiger partial charge >= 0.3 is 5.97 Å². The lowest BCUT2D eigenvalue weighted by molar-refractivity contribution is -0.196. The van der Waals surface area contributed by atoms with Gasteiger partial charge in [-0.3, -0.25) is 4.79 Å². The first-order chi connectivity index (χ1) is 18.5. The first-order valence-electron chi connectivity index (χ1n) is 16.3. The summed E-state index contributed by atoms with van der Waals surface area (Å²) >= 11 is 0. The van der Waals surface area contributed by atoms with Gasteiger partial charge in [0, 0.05) is 25.6 Å². The second-order valence-corrected chi connectivity index (χ2v) is 19.1. The quantitative estimate of drug-likeness (QED) is 0.153. The number of carboxylic acids is 1. The van der Waals surface area contributed by atoms with Crippen LogP contribution in [0.25, 0.3) is 0 Å². The predicted octanol–water partition coefficient (Wildman–Crippen LogP) is 8.07. The van der Waals surface area contributed by atoms with Crippen molar-refractivity contribution in [2.75, 3.05) is 6.61 Å². The maximum atomic E-state index is 11.2. The minimum Gasteiger partial charge on any atom is -0.481 e. The lowest BCUT2D eigenvalue weighted by Gasteiger charge is -2.43. The van der Waals surface area contributed by atoms with Gasteiger partial charge in [-0.2, -0.15) is 0 Å². The van der Waals surface area contributed by atoms with Crippen LogP contribution in [0.15, 0.2) is 0 Å². The van der Waals surface area contributed by atoms with Crippen molar-refractivity contribution in [3.8, 4) is 0 Å². The van der Waals surface area contributed by atoms with Crippen molar-refractivity contribution >= 4 is 14.3 Å². The van der Waals surface area contributed by atoms with Gasteiger partial charge < -0.3 is 24.1 Å². The summed E-state index contributed by atoms with van der Waals surface area (Å²) in [4.78, 5) is 10.8. The van der Waals surface area contributed by atoms with Crippen LogP contribution in [0, 0.1) is 17.8 Å². The Morgan fingerprint density at radius 2 is 1.64 bits per heavy atom. The molecule has 228 valence electrons. The SMILES string of the molecule is CC(C)(C)[Si](C)(C)O[C@H](CC[C@H]1C(OC2CCCCO2)C[C@H](O)[C@@H]1CCCCCCC(=O)O)C1CCCCC1. The Kier molecular flexibility index (Phi) is 13.3. The number of hydrogen-bond donors (Lipinski definition) is 2. The molecule has 1 heterocycles. The van der Waals surface area contributed by atoms with Crippen LogP contribution in [0.1, 0.15) is 130 Å². The molecule has 0 aromatic heterocycles. The smallest absolute Gasteiger partial charge is 0.303 e. The molecule has 1 saturated heterocycles. The molecule has 2 saturated carbocycles. The molecule has 7 heteroatoms. The lowest BCUT2D eigenvalue weighted by atomic mass is 9.80. The van der Waals surface area contributed by atoms with E-state index in [0.29, 0.717) is 24.4 Å². The molecule has 1 aliphatic heterocycles. The molecule has 0 aromatic carbocycles. The van der Waals surface area contributed by atoms with Crippen LogP contribution in [0.2, 0.25) is 18.1 Å². The Bertz CT molecular complexity index is 710. The molecule has 6 atom stereocenters. The van der Waals surface area contributed by atoms with Gasteiger partial charge in [0.15, 0.2) is 14.6 Å². The summed E-state index contributed by atoms with van der Waals surface area (Å²) in [5.74, 6) is 0.489. The van der Waals surface area contributed by atoms with Crippen LogP contribution in [-0.2, 0) is 18.7 Å². The third kappa shape index (κ3) is 10.4. The topological polar surface area (TPSA) is 85.2 Å². The number of carboxylic acid groups (broad SMARTS) is 1. The predicted molar refractivity (Wildman–Crippen MR) is 159 cm³/mol. The highest BCUT2D eigenvalue weighted by molar-refractivity contribution is 6.74. The number of carbonyl (C=O) groups is 1. The summed E-state index contributed by atoms with van der Waals surface area (Å²) in [5.41, 5.74) is 0. The molecule has 2 aliphatic carbocycles. The standard InChI is InChI=1S/C32H60O6Si/c1-32(2,3)39(4,5)38-28(24-15-9-8-10-16-24)21-20-26-25(17-11-6-7-12-18-30(34)35)27(33)23-29(26)37-31-19-13-14-22-36-31/h24-29,31,33H,6-23H2,1-5H3,(H,34,35)/t25-,26-,27+,28-,29?,31?/m1/s1. The van der Waals surface area contributed by atoms with Gasteiger partial charge in [0.1, 0.15) is 0 Å². The molecule has 0 aromatic rings. The molecule has 0 spiro atoms. The molecular weight excluding hydrogens is 508 g/mol. The number of ether oxygens (including phenoxy) is 2. The Morgan fingerprint density at radius 3 is 2.28 bits per heavy atom. The van der Waals surface area contributed by atoms with Crippen LogP contribution < -0.4 is 0 Å². The highest BCUT2D eigenvalue weighted by Crippen LogP contribution is 2.45. The molecule has 3 aliphatic rings. The fraction of sp³-hybridized carbons (Fsp3) is 0.969. The Morgan fingerprint density at radius 1 is 0.949 bits per heavy atom. The summed E-state index contributed by atoms with van der Waals surface area (Å²) in [6.07, 6.45) is 17.4. The maximum Gasteiger partial charge on any atom is 0.303 e. The molecule has 0 amide bonds. The number of unbranched alkanes of at least 4 members (excludes halogenated alkanes) is 3. The summed E-state index contributed by atoms with van der Waals surface area (Å²) in [6.45, 7) is 12.6. The molecule has 0 radical (unpaired) electrons. The zero-order valence-electron chi connectivity index (χ0n) is 25.8. The third-order valence-electron chi connectivity index (χ3n) is 10.4. The summed E-state index contributed by atoms with van der Waals surface area (Å²) in [5, 5.41) is 20.3. The molecule has 3 fully saturated rings. The normalized spacial score (nSPS) is 29.9. The zero-order chi connectivity index (χ0) is 28.5. The maximum absolute atomic E-state index is 11.2. The van der Waals surface area contributed by atoms with E-state index in [0.717, 1.165) is 70.8 Å². The van der Waals surface area contributed by atoms with Crippen molar-refractivity contribution in [2.24, 2.45) is 17.8 Å². The molecule has 6 nitrogen and oxygen atoms in total. The van der Waals surface area contributed by atoms with E-state index in [4.69, 9.17) is 19.0 Å². The summed E-state index contributed by atoms with van der Waals surface area (Å²) in [6, 6.07) is 0. The van der Waals surface area contributed by atoms with Crippen LogP contribution in [-0.4, -0.2) is 55.7 Å². The van der Waals surface area contributed by atoms with Gasteiger partial charge in [0.05, 0.1) is 12.2 Å². The van der Waals surface area contributed by atoms with Gasteiger partial charge in [0.2, 0.25) is 0 Å². The lowest BCUT2D eigenvalue weighted by Crippen LogP contribution is -2.46. The first kappa shape index (κ1) is 33.0. The zero-order valence-corrected chi connectivity index (χ0v) is 26.8. The highest BCUT2D eigenvalue weighted by atomic mass is 28.4. The molecule has 39 heavy (non-hydrogen) atoms.